The number of rotatable bonds is 3. The zero-order valence-corrected chi connectivity index (χ0v) is 14.9. The van der Waals surface area contributed by atoms with E-state index in [4.69, 9.17) is 0 Å². The number of nitrogens with zero attached hydrogens (tertiary/aromatic N) is 3. The molecule has 0 saturated heterocycles. The second-order valence-electron chi connectivity index (χ2n) is 4.96. The average Bonchev–Trinajstić information content (AvgIpc) is 2.89. The van der Waals surface area contributed by atoms with Gasteiger partial charge in [-0.1, -0.05) is 43.3 Å². The maximum absolute atomic E-state index is 11.5. The number of hydrogen-bond acceptors (Lipinski definition) is 5. The van der Waals surface area contributed by atoms with Gasteiger partial charge in [0.05, 0.1) is 11.4 Å². The van der Waals surface area contributed by atoms with Crippen LogP contribution >= 0.6 is 0 Å². The van der Waals surface area contributed by atoms with E-state index in [0.29, 0.717) is 11.3 Å². The Balaban J connectivity index is 0.000000555. The van der Waals surface area contributed by atoms with E-state index in [-0.39, 0.29) is 22.8 Å². The first-order chi connectivity index (χ1) is 10.9. The van der Waals surface area contributed by atoms with Crippen LogP contribution in [-0.4, -0.2) is 21.8 Å². The van der Waals surface area contributed by atoms with Crippen molar-refractivity contribution in [1.82, 2.24) is 10.2 Å². The Hall–Kier alpha value is -2.37. The van der Waals surface area contributed by atoms with Gasteiger partial charge in [0.25, 0.3) is 0 Å². The van der Waals surface area contributed by atoms with Crippen LogP contribution in [0.1, 0.15) is 30.8 Å². The summed E-state index contributed by atoms with van der Waals surface area (Å²) in [4.78, 5) is 0. The van der Waals surface area contributed by atoms with Gasteiger partial charge in [-0.25, -0.2) is 0 Å². The summed E-state index contributed by atoms with van der Waals surface area (Å²) in [5, 5.41) is 36.0. The van der Waals surface area contributed by atoms with Crippen molar-refractivity contribution in [3.05, 3.63) is 65.2 Å². The fourth-order valence-electron chi connectivity index (χ4n) is 1.64. The minimum atomic E-state index is -0.420. The average molecular weight is 376 g/mol. The van der Waals surface area contributed by atoms with Crippen molar-refractivity contribution in [1.29, 1.82) is 0 Å². The maximum atomic E-state index is 11.5. The maximum Gasteiger partial charge on any atom is 2.00 e. The van der Waals surface area contributed by atoms with Crippen LogP contribution < -0.4 is 10.2 Å². The number of aromatic amines is 1. The minimum Gasteiger partial charge on any atom is -0.876 e. The third kappa shape index (κ3) is 8.92. The molecular formula is C17H20CuN4O2. The van der Waals surface area contributed by atoms with E-state index >= 15 is 0 Å². The summed E-state index contributed by atoms with van der Waals surface area (Å²) < 4.78 is 0. The van der Waals surface area contributed by atoms with E-state index in [1.54, 1.807) is 31.2 Å². The Morgan fingerprint density at radius 1 is 1.08 bits per heavy atom. The van der Waals surface area contributed by atoms with E-state index in [2.05, 4.69) is 20.4 Å². The van der Waals surface area contributed by atoms with Gasteiger partial charge in [0.1, 0.15) is 0 Å². The quantitative estimate of drug-likeness (QED) is 0.289. The van der Waals surface area contributed by atoms with Crippen molar-refractivity contribution >= 4 is 11.6 Å². The van der Waals surface area contributed by atoms with Crippen LogP contribution in [-0.2, 0) is 17.1 Å². The van der Waals surface area contributed by atoms with Crippen molar-refractivity contribution in [2.24, 2.45) is 10.2 Å². The second-order valence-corrected chi connectivity index (χ2v) is 4.96. The van der Waals surface area contributed by atoms with Gasteiger partial charge in [-0.2, -0.15) is 15.3 Å². The van der Waals surface area contributed by atoms with E-state index in [1.165, 1.54) is 13.0 Å². The predicted molar refractivity (Wildman–Crippen MR) is 87.9 cm³/mol. The monoisotopic (exact) mass is 375 g/mol. The van der Waals surface area contributed by atoms with Crippen LogP contribution in [0.2, 0.25) is 0 Å². The zero-order chi connectivity index (χ0) is 17.2. The smallest absolute Gasteiger partial charge is 0.876 e. The molecule has 7 heteroatoms. The molecule has 0 amide bonds. The van der Waals surface area contributed by atoms with Crippen LogP contribution in [0.5, 0.6) is 0 Å². The molecule has 1 aromatic heterocycles. The molecule has 0 bridgehead atoms. The van der Waals surface area contributed by atoms with Crippen LogP contribution in [0, 0.1) is 13.8 Å². The molecule has 0 spiro atoms. The Bertz CT molecular complexity index is 686. The third-order valence-electron chi connectivity index (χ3n) is 2.57. The van der Waals surface area contributed by atoms with Gasteiger partial charge in [-0.3, -0.25) is 5.10 Å². The van der Waals surface area contributed by atoms with Gasteiger partial charge in [0, 0.05) is 11.6 Å². The van der Waals surface area contributed by atoms with E-state index < -0.39 is 5.90 Å². The molecule has 1 N–H and O–H groups in total. The van der Waals surface area contributed by atoms with Crippen LogP contribution in [0.4, 0.5) is 0 Å². The summed E-state index contributed by atoms with van der Waals surface area (Å²) >= 11 is 0. The second kappa shape index (κ2) is 11.2. The number of aryl methyl sites for hydroxylation is 2. The zero-order valence-electron chi connectivity index (χ0n) is 14.0. The Morgan fingerprint density at radius 3 is 2.12 bits per heavy atom. The first kappa shape index (κ1) is 21.6. The predicted octanol–water partition coefficient (Wildman–Crippen LogP) is 1.46. The standard InChI is InChI=1S/C12H14N2O2.C5H8N2.Cu/c1-9(8-10(2)15)13-14-12(16)11-6-4-3-5-7-11;1-4-3-5(2)7-6-4;/h3-8,15H,1-2H3,(H,14,16);3H,1-2H3,(H,6,7);/q;;+2/p-2/b10-8-,13-9+;;. The molecule has 131 valence electrons. The van der Waals surface area contributed by atoms with Gasteiger partial charge >= 0.3 is 17.1 Å². The molecule has 1 heterocycles. The van der Waals surface area contributed by atoms with Crippen molar-refractivity contribution < 1.29 is 27.3 Å². The molecule has 0 saturated carbocycles. The molecule has 0 aliphatic heterocycles. The molecular weight excluding hydrogens is 356 g/mol. The number of nitrogens with one attached hydrogen (secondary N) is 1. The molecule has 0 fully saturated rings. The molecule has 6 nitrogen and oxygen atoms in total. The number of aromatic nitrogens is 2. The third-order valence-corrected chi connectivity index (χ3v) is 2.57. The molecule has 2 aromatic rings. The van der Waals surface area contributed by atoms with E-state index in [1.807, 2.05) is 26.0 Å². The van der Waals surface area contributed by atoms with Gasteiger partial charge in [0.2, 0.25) is 0 Å². The van der Waals surface area contributed by atoms with Gasteiger partial charge in [-0.05, 0) is 32.4 Å². The SMILES string of the molecule is C/C([O-])=C/C(C)=N/N=C(\[O-])c1ccccc1.Cc1cc(C)[nH]n1.[Cu+2]. The summed E-state index contributed by atoms with van der Waals surface area (Å²) in [7, 11) is 0. The summed E-state index contributed by atoms with van der Waals surface area (Å²) in [6, 6.07) is 10.6. The number of allylic oxidation sites excluding steroid dienone is 2. The van der Waals surface area contributed by atoms with Crippen molar-refractivity contribution in [2.75, 3.05) is 0 Å². The van der Waals surface area contributed by atoms with Gasteiger partial charge in [-0.15, -0.1) is 5.76 Å². The number of H-pyrrole nitrogens is 1. The summed E-state index contributed by atoms with van der Waals surface area (Å²) in [6.45, 7) is 6.98. The normalized spacial score (nSPS) is 12.1. The van der Waals surface area contributed by atoms with Crippen molar-refractivity contribution in [2.45, 2.75) is 27.7 Å². The van der Waals surface area contributed by atoms with Crippen LogP contribution in [0.25, 0.3) is 0 Å². The molecule has 1 aromatic carbocycles. The number of benzene rings is 1. The molecule has 0 unspecified atom stereocenters. The van der Waals surface area contributed by atoms with E-state index in [0.717, 1.165) is 11.4 Å². The Morgan fingerprint density at radius 2 is 1.71 bits per heavy atom. The Labute approximate surface area is 152 Å². The summed E-state index contributed by atoms with van der Waals surface area (Å²) in [5.41, 5.74) is 3.06. The first-order valence-corrected chi connectivity index (χ1v) is 7.07. The fourth-order valence-corrected chi connectivity index (χ4v) is 1.64. The molecule has 2 rings (SSSR count). The van der Waals surface area contributed by atoms with Gasteiger partial charge < -0.3 is 10.2 Å². The first-order valence-electron chi connectivity index (χ1n) is 7.07. The molecule has 1 radical (unpaired) electrons. The van der Waals surface area contributed by atoms with Crippen LogP contribution in [0.15, 0.2) is 58.4 Å². The van der Waals surface area contributed by atoms with Crippen LogP contribution in [0.3, 0.4) is 0 Å². The largest absolute Gasteiger partial charge is 2.00 e. The molecule has 0 atom stereocenters. The van der Waals surface area contributed by atoms with E-state index in [9.17, 15) is 10.2 Å². The number of hydrogen-bond donors (Lipinski definition) is 1. The molecule has 0 aliphatic carbocycles. The molecule has 24 heavy (non-hydrogen) atoms. The Kier molecular flexibility index (Phi) is 10.1. The fraction of sp³-hybridized carbons (Fsp3) is 0.235. The van der Waals surface area contributed by atoms with Gasteiger partial charge in [0.15, 0.2) is 0 Å². The summed E-state index contributed by atoms with van der Waals surface area (Å²) in [5.74, 6) is -0.541. The molecule has 0 aliphatic rings. The van der Waals surface area contributed by atoms with Crippen molar-refractivity contribution in [3.8, 4) is 0 Å². The topological polar surface area (TPSA) is 99.5 Å². The summed E-state index contributed by atoms with van der Waals surface area (Å²) in [6.07, 6.45) is 1.32. The van der Waals surface area contributed by atoms with Crippen molar-refractivity contribution in [3.63, 3.8) is 0 Å². The minimum absolute atomic E-state index is 0.